The van der Waals surface area contributed by atoms with Gasteiger partial charge >= 0.3 is 0 Å². The molecule has 0 fully saturated rings. The second-order valence-electron chi connectivity index (χ2n) is 3.31. The Morgan fingerprint density at radius 1 is 1.23 bits per heavy atom. The van der Waals surface area contributed by atoms with Crippen LogP contribution >= 0.6 is 0 Å². The quantitative estimate of drug-likeness (QED) is 0.624. The van der Waals surface area contributed by atoms with Crippen LogP contribution in [0.15, 0.2) is 12.3 Å². The number of hydrogen-bond donors (Lipinski definition) is 0. The third-order valence-electron chi connectivity index (χ3n) is 2.13. The molecule has 1 aromatic heterocycles. The zero-order valence-electron chi connectivity index (χ0n) is 8.29. The third kappa shape index (κ3) is 4.61. The van der Waals surface area contributed by atoms with Crippen molar-refractivity contribution >= 4 is 0 Å². The Bertz CT molecular complexity index is 209. The van der Waals surface area contributed by atoms with Gasteiger partial charge in [0.2, 0.25) is 0 Å². The van der Waals surface area contributed by atoms with Crippen molar-refractivity contribution < 1.29 is 0 Å². The minimum atomic E-state index is 1.07. The van der Waals surface area contributed by atoms with Crippen molar-refractivity contribution in [2.45, 2.75) is 45.4 Å². The third-order valence-corrected chi connectivity index (χ3v) is 2.13. The van der Waals surface area contributed by atoms with Crippen LogP contribution in [0, 0.1) is 6.33 Å². The lowest BCUT2D eigenvalue weighted by molar-refractivity contribution is 0.627. The molecule has 1 radical (unpaired) electrons. The van der Waals surface area contributed by atoms with E-state index in [9.17, 15) is 0 Å². The molecule has 0 aliphatic heterocycles. The summed E-state index contributed by atoms with van der Waals surface area (Å²) >= 11 is 0. The Kier molecular flexibility index (Phi) is 5.14. The highest BCUT2D eigenvalue weighted by Gasteiger charge is 1.93. The molecule has 0 spiro atoms. The SMILES string of the molecule is CCCCCCCc1ccn[c]n1. The van der Waals surface area contributed by atoms with E-state index >= 15 is 0 Å². The molecule has 0 aromatic carbocycles. The first-order valence-corrected chi connectivity index (χ1v) is 5.11. The van der Waals surface area contributed by atoms with Crippen LogP contribution in [-0.4, -0.2) is 9.97 Å². The maximum absolute atomic E-state index is 4.06. The van der Waals surface area contributed by atoms with E-state index in [2.05, 4.69) is 23.2 Å². The van der Waals surface area contributed by atoms with Crippen molar-refractivity contribution in [3.63, 3.8) is 0 Å². The molecule has 0 aliphatic rings. The molecule has 0 bridgehead atoms. The summed E-state index contributed by atoms with van der Waals surface area (Å²) in [6.45, 7) is 2.24. The number of nitrogens with zero attached hydrogens (tertiary/aromatic N) is 2. The van der Waals surface area contributed by atoms with E-state index in [4.69, 9.17) is 0 Å². The minimum Gasteiger partial charge on any atom is -0.234 e. The fraction of sp³-hybridized carbons (Fsp3) is 0.636. The fourth-order valence-corrected chi connectivity index (χ4v) is 1.34. The Hall–Kier alpha value is -0.920. The summed E-state index contributed by atoms with van der Waals surface area (Å²) in [6, 6.07) is 1.97. The van der Waals surface area contributed by atoms with Gasteiger partial charge in [0, 0.05) is 11.9 Å². The van der Waals surface area contributed by atoms with Gasteiger partial charge in [-0.3, -0.25) is 0 Å². The first-order chi connectivity index (χ1) is 6.43. The van der Waals surface area contributed by atoms with Crippen LogP contribution in [0.5, 0.6) is 0 Å². The number of unbranched alkanes of at least 4 members (excludes halogenated alkanes) is 4. The molecule has 0 N–H and O–H groups in total. The summed E-state index contributed by atoms with van der Waals surface area (Å²) < 4.78 is 0. The number of aromatic nitrogens is 2. The van der Waals surface area contributed by atoms with Crippen molar-refractivity contribution in [3.05, 3.63) is 24.3 Å². The summed E-state index contributed by atoms with van der Waals surface area (Å²) in [5.41, 5.74) is 1.12. The van der Waals surface area contributed by atoms with Crippen molar-refractivity contribution in [1.29, 1.82) is 0 Å². The molecule has 0 saturated carbocycles. The van der Waals surface area contributed by atoms with E-state index in [0.717, 1.165) is 12.1 Å². The Balaban J connectivity index is 2.07. The van der Waals surface area contributed by atoms with Crippen LogP contribution in [0.2, 0.25) is 0 Å². The zero-order chi connectivity index (χ0) is 9.36. The highest BCUT2D eigenvalue weighted by molar-refractivity contribution is 4.96. The molecule has 0 saturated heterocycles. The van der Waals surface area contributed by atoms with Crippen molar-refractivity contribution in [2.24, 2.45) is 0 Å². The lowest BCUT2D eigenvalue weighted by atomic mass is 10.1. The fourth-order valence-electron chi connectivity index (χ4n) is 1.34. The first kappa shape index (κ1) is 10.2. The molecule has 1 rings (SSSR count). The largest absolute Gasteiger partial charge is 0.234 e. The van der Waals surface area contributed by atoms with Gasteiger partial charge in [0.05, 0.1) is 0 Å². The second-order valence-corrected chi connectivity index (χ2v) is 3.31. The molecule has 71 valence electrons. The average molecular weight is 177 g/mol. The van der Waals surface area contributed by atoms with Crippen molar-refractivity contribution in [1.82, 2.24) is 9.97 Å². The van der Waals surface area contributed by atoms with E-state index in [-0.39, 0.29) is 0 Å². The highest BCUT2D eigenvalue weighted by Crippen LogP contribution is 2.05. The first-order valence-electron chi connectivity index (χ1n) is 5.11. The summed E-state index contributed by atoms with van der Waals surface area (Å²) in [5, 5.41) is 0. The maximum Gasteiger partial charge on any atom is 0.197 e. The Morgan fingerprint density at radius 3 is 2.77 bits per heavy atom. The van der Waals surface area contributed by atoms with Crippen LogP contribution in [-0.2, 0) is 6.42 Å². The standard InChI is InChI=1S/C11H17N2/c1-2-3-4-5-6-7-11-8-9-12-10-13-11/h8-9H,2-7H2,1H3. The molecule has 0 atom stereocenters. The number of hydrogen-bond acceptors (Lipinski definition) is 2. The second kappa shape index (κ2) is 6.58. The molecule has 13 heavy (non-hydrogen) atoms. The molecule has 0 aliphatic carbocycles. The smallest absolute Gasteiger partial charge is 0.197 e. The molecular weight excluding hydrogens is 160 g/mol. The lowest BCUT2D eigenvalue weighted by Gasteiger charge is -1.99. The molecule has 0 amide bonds. The van der Waals surface area contributed by atoms with Gasteiger partial charge in [-0.1, -0.05) is 32.6 Å². The molecule has 0 unspecified atom stereocenters. The van der Waals surface area contributed by atoms with Gasteiger partial charge in [-0.05, 0) is 18.9 Å². The average Bonchev–Trinajstić information content (AvgIpc) is 2.19. The monoisotopic (exact) mass is 177 g/mol. The Labute approximate surface area is 80.4 Å². The molecule has 2 nitrogen and oxygen atoms in total. The normalized spacial score (nSPS) is 10.2. The molecular formula is C11H17N2. The van der Waals surface area contributed by atoms with Crippen LogP contribution in [0.4, 0.5) is 0 Å². The van der Waals surface area contributed by atoms with Crippen molar-refractivity contribution in [3.8, 4) is 0 Å². The highest BCUT2D eigenvalue weighted by atomic mass is 14.8. The van der Waals surface area contributed by atoms with Gasteiger partial charge in [0.1, 0.15) is 0 Å². The number of rotatable bonds is 6. The minimum absolute atomic E-state index is 1.07. The number of aryl methyl sites for hydroxylation is 1. The van der Waals surface area contributed by atoms with Gasteiger partial charge in [0.15, 0.2) is 6.33 Å². The molecule has 2 heteroatoms. The van der Waals surface area contributed by atoms with Gasteiger partial charge in [0.25, 0.3) is 0 Å². The summed E-state index contributed by atoms with van der Waals surface area (Å²) in [7, 11) is 0. The van der Waals surface area contributed by atoms with E-state index in [1.54, 1.807) is 6.20 Å². The van der Waals surface area contributed by atoms with Gasteiger partial charge in [-0.15, -0.1) is 0 Å². The summed E-state index contributed by atoms with van der Waals surface area (Å²) in [6.07, 6.45) is 12.0. The van der Waals surface area contributed by atoms with Crippen LogP contribution in [0.3, 0.4) is 0 Å². The van der Waals surface area contributed by atoms with E-state index in [0.29, 0.717) is 0 Å². The van der Waals surface area contributed by atoms with Crippen molar-refractivity contribution in [2.75, 3.05) is 0 Å². The van der Waals surface area contributed by atoms with Gasteiger partial charge < -0.3 is 0 Å². The van der Waals surface area contributed by atoms with Crippen LogP contribution < -0.4 is 0 Å². The zero-order valence-corrected chi connectivity index (χ0v) is 8.29. The van der Waals surface area contributed by atoms with Crippen LogP contribution in [0.1, 0.15) is 44.7 Å². The van der Waals surface area contributed by atoms with E-state index in [1.165, 1.54) is 32.1 Å². The topological polar surface area (TPSA) is 25.8 Å². The summed E-state index contributed by atoms with van der Waals surface area (Å²) in [5.74, 6) is 0. The summed E-state index contributed by atoms with van der Waals surface area (Å²) in [4.78, 5) is 7.83. The van der Waals surface area contributed by atoms with Gasteiger partial charge in [-0.2, -0.15) is 0 Å². The predicted octanol–water partition coefficient (Wildman–Crippen LogP) is 2.79. The molecule has 1 heterocycles. The Morgan fingerprint density at radius 2 is 2.08 bits per heavy atom. The van der Waals surface area contributed by atoms with Gasteiger partial charge in [-0.25, -0.2) is 9.97 Å². The van der Waals surface area contributed by atoms with Crippen LogP contribution in [0.25, 0.3) is 0 Å². The van der Waals surface area contributed by atoms with E-state index in [1.807, 2.05) is 6.07 Å². The molecule has 1 aromatic rings. The lowest BCUT2D eigenvalue weighted by Crippen LogP contribution is -1.90. The predicted molar refractivity (Wildman–Crippen MR) is 53.3 cm³/mol. The van der Waals surface area contributed by atoms with E-state index < -0.39 is 0 Å². The maximum atomic E-state index is 4.06.